The topological polar surface area (TPSA) is 43.2 Å². The van der Waals surface area contributed by atoms with Crippen molar-refractivity contribution in [2.45, 2.75) is 33.6 Å². The van der Waals surface area contributed by atoms with E-state index >= 15 is 0 Å². The molecule has 2 aromatic carbocycles. The predicted octanol–water partition coefficient (Wildman–Crippen LogP) is 1.07. The van der Waals surface area contributed by atoms with Gasteiger partial charge in [-0.3, -0.25) is 0 Å². The summed E-state index contributed by atoms with van der Waals surface area (Å²) >= 11 is 0. The number of nitrogens with zero attached hydrogens (tertiary/aromatic N) is 1. The van der Waals surface area contributed by atoms with Gasteiger partial charge in [-0.15, -0.1) is 0 Å². The number of rotatable bonds is 11. The first-order valence-corrected chi connectivity index (χ1v) is 10.3. The first-order chi connectivity index (χ1) is 13.7. The zero-order valence-electron chi connectivity index (χ0n) is 17.7. The van der Waals surface area contributed by atoms with E-state index in [4.69, 9.17) is 9.47 Å². The number of unbranched alkanes of at least 4 members (excludes halogenated alkanes) is 1. The molecule has 29 heavy (non-hydrogen) atoms. The molecular formula is C23H33ClN2O3. The molecule has 0 atom stereocenters. The number of carbonyl (C=O) groups is 1. The Morgan fingerprint density at radius 1 is 0.897 bits per heavy atom. The number of halogens is 1. The van der Waals surface area contributed by atoms with Gasteiger partial charge in [-0.05, 0) is 56.7 Å². The molecular weight excluding hydrogens is 388 g/mol. The number of ether oxygens (including phenoxy) is 2. The second kappa shape index (κ2) is 13.9. The van der Waals surface area contributed by atoms with Crippen LogP contribution in [-0.2, 0) is 4.74 Å². The summed E-state index contributed by atoms with van der Waals surface area (Å²) in [5.74, 6) is 0.809. The van der Waals surface area contributed by atoms with Crippen LogP contribution in [0.5, 0.6) is 5.75 Å². The maximum absolute atomic E-state index is 12.9. The number of benzene rings is 2. The highest BCUT2D eigenvalue weighted by Crippen LogP contribution is 2.28. The Bertz CT molecular complexity index is 691. The fraction of sp³-hybridized carbons (Fsp3) is 0.435. The second-order valence-electron chi connectivity index (χ2n) is 6.69. The third-order valence-electron chi connectivity index (χ3n) is 4.74. The molecule has 1 amide bonds. The van der Waals surface area contributed by atoms with Gasteiger partial charge in [-0.25, -0.2) is 9.69 Å². The monoisotopic (exact) mass is 420 g/mol. The van der Waals surface area contributed by atoms with E-state index in [1.54, 1.807) is 4.90 Å². The zero-order valence-corrected chi connectivity index (χ0v) is 18.5. The fourth-order valence-corrected chi connectivity index (χ4v) is 2.91. The summed E-state index contributed by atoms with van der Waals surface area (Å²) in [5.41, 5.74) is 1.54. The lowest BCUT2D eigenvalue weighted by Crippen LogP contribution is -3.11. The molecule has 0 saturated heterocycles. The molecule has 2 rings (SSSR count). The van der Waals surface area contributed by atoms with E-state index in [9.17, 15) is 4.79 Å². The minimum absolute atomic E-state index is 0. The number of anilines is 2. The number of quaternary nitrogens is 1. The number of hydrogen-bond donors (Lipinski definition) is 1. The SMILES string of the molecule is CCCCOc1ccc(N(C(=O)OCC[NH+](CC)CC)c2ccccc2)cc1.[Cl-]. The molecule has 0 unspecified atom stereocenters. The number of nitrogens with one attached hydrogen (secondary N) is 1. The van der Waals surface area contributed by atoms with Gasteiger partial charge in [-0.2, -0.15) is 0 Å². The van der Waals surface area contributed by atoms with Crippen LogP contribution in [0.1, 0.15) is 33.6 Å². The number of likely N-dealkylation sites (N-methyl/N-ethyl adjacent to an activating group) is 1. The van der Waals surface area contributed by atoms with Crippen LogP contribution in [-0.4, -0.2) is 38.9 Å². The van der Waals surface area contributed by atoms with Gasteiger partial charge < -0.3 is 26.8 Å². The average molecular weight is 421 g/mol. The Morgan fingerprint density at radius 2 is 1.52 bits per heavy atom. The molecule has 0 bridgehead atoms. The van der Waals surface area contributed by atoms with Gasteiger partial charge in [0.15, 0.2) is 0 Å². The standard InChI is InChI=1S/C23H32N2O3.ClH/c1-4-7-18-27-22-15-13-21(14-16-22)25(20-11-9-8-10-12-20)23(26)28-19-17-24(5-2)6-3;/h8-16H,4-7,17-19H2,1-3H3;1H. The minimum Gasteiger partial charge on any atom is -1.00 e. The average Bonchev–Trinajstić information content (AvgIpc) is 2.73. The highest BCUT2D eigenvalue weighted by atomic mass is 35.5. The number of amides is 1. The van der Waals surface area contributed by atoms with E-state index in [0.717, 1.165) is 49.6 Å². The van der Waals surface area contributed by atoms with Crippen molar-refractivity contribution in [3.05, 3.63) is 54.6 Å². The van der Waals surface area contributed by atoms with Gasteiger partial charge in [0, 0.05) is 0 Å². The largest absolute Gasteiger partial charge is 1.00 e. The molecule has 0 spiro atoms. The van der Waals surface area contributed by atoms with Crippen LogP contribution in [0, 0.1) is 0 Å². The Labute approximate surface area is 181 Å². The number of carbonyl (C=O) groups excluding carboxylic acids is 1. The van der Waals surface area contributed by atoms with Crippen LogP contribution in [0.3, 0.4) is 0 Å². The molecule has 0 radical (unpaired) electrons. The van der Waals surface area contributed by atoms with Crippen LogP contribution in [0.2, 0.25) is 0 Å². The van der Waals surface area contributed by atoms with Crippen LogP contribution >= 0.6 is 0 Å². The molecule has 0 fully saturated rings. The van der Waals surface area contributed by atoms with Crippen molar-refractivity contribution in [2.24, 2.45) is 0 Å². The van der Waals surface area contributed by atoms with Crippen molar-refractivity contribution < 1.29 is 31.6 Å². The molecule has 160 valence electrons. The third kappa shape index (κ3) is 7.95. The van der Waals surface area contributed by atoms with Crippen LogP contribution in [0.4, 0.5) is 16.2 Å². The van der Waals surface area contributed by atoms with Gasteiger partial charge in [0.2, 0.25) is 0 Å². The van der Waals surface area contributed by atoms with Crippen molar-refractivity contribution >= 4 is 17.5 Å². The van der Waals surface area contributed by atoms with Crippen molar-refractivity contribution in [2.75, 3.05) is 37.7 Å². The first-order valence-electron chi connectivity index (χ1n) is 10.3. The van der Waals surface area contributed by atoms with Gasteiger partial charge in [0.05, 0.1) is 31.1 Å². The van der Waals surface area contributed by atoms with Gasteiger partial charge in [0.1, 0.15) is 18.9 Å². The van der Waals surface area contributed by atoms with E-state index < -0.39 is 0 Å². The summed E-state index contributed by atoms with van der Waals surface area (Å²) in [4.78, 5) is 15.9. The van der Waals surface area contributed by atoms with E-state index in [-0.39, 0.29) is 18.5 Å². The predicted molar refractivity (Wildman–Crippen MR) is 114 cm³/mol. The smallest absolute Gasteiger partial charge is 0.419 e. The molecule has 0 aliphatic carbocycles. The van der Waals surface area contributed by atoms with Crippen LogP contribution in [0.15, 0.2) is 54.6 Å². The second-order valence-corrected chi connectivity index (χ2v) is 6.69. The molecule has 6 heteroatoms. The molecule has 0 saturated carbocycles. The van der Waals surface area contributed by atoms with Crippen LogP contribution in [0.25, 0.3) is 0 Å². The molecule has 5 nitrogen and oxygen atoms in total. The highest BCUT2D eigenvalue weighted by Gasteiger charge is 2.20. The van der Waals surface area contributed by atoms with Gasteiger partial charge >= 0.3 is 6.09 Å². The van der Waals surface area contributed by atoms with Gasteiger partial charge in [-0.1, -0.05) is 31.5 Å². The summed E-state index contributed by atoms with van der Waals surface area (Å²) in [6.07, 6.45) is 1.76. The fourth-order valence-electron chi connectivity index (χ4n) is 2.91. The Balaban J connectivity index is 0.00000420. The minimum atomic E-state index is -0.364. The van der Waals surface area contributed by atoms with Crippen molar-refractivity contribution in [1.29, 1.82) is 0 Å². The first kappa shape index (κ1) is 24.8. The lowest BCUT2D eigenvalue weighted by Gasteiger charge is -2.23. The third-order valence-corrected chi connectivity index (χ3v) is 4.74. The molecule has 2 aromatic rings. The van der Waals surface area contributed by atoms with Crippen molar-refractivity contribution in [1.82, 2.24) is 0 Å². The van der Waals surface area contributed by atoms with Crippen LogP contribution < -0.4 is 26.9 Å². The normalized spacial score (nSPS) is 10.3. The summed E-state index contributed by atoms with van der Waals surface area (Å²) in [7, 11) is 0. The van der Waals surface area contributed by atoms with E-state index in [1.807, 2.05) is 54.6 Å². The molecule has 0 aliphatic heterocycles. The van der Waals surface area contributed by atoms with Gasteiger partial charge in [0.25, 0.3) is 0 Å². The van der Waals surface area contributed by atoms with E-state index in [2.05, 4.69) is 20.8 Å². The van der Waals surface area contributed by atoms with E-state index in [0.29, 0.717) is 13.2 Å². The summed E-state index contributed by atoms with van der Waals surface area (Å²) in [6, 6.07) is 17.2. The lowest BCUT2D eigenvalue weighted by molar-refractivity contribution is -0.896. The molecule has 0 aromatic heterocycles. The Kier molecular flexibility index (Phi) is 11.8. The maximum Gasteiger partial charge on any atom is 0.419 e. The lowest BCUT2D eigenvalue weighted by atomic mass is 10.2. The number of hydrogen-bond acceptors (Lipinski definition) is 3. The molecule has 0 heterocycles. The Hall–Kier alpha value is -2.24. The summed E-state index contributed by atoms with van der Waals surface area (Å²) in [6.45, 7) is 10.4. The van der Waals surface area contributed by atoms with Crippen molar-refractivity contribution in [3.8, 4) is 5.75 Å². The molecule has 1 N–H and O–H groups in total. The van der Waals surface area contributed by atoms with Crippen molar-refractivity contribution in [3.63, 3.8) is 0 Å². The van der Waals surface area contributed by atoms with E-state index in [1.165, 1.54) is 4.90 Å². The quantitative estimate of drug-likeness (QED) is 0.553. The Morgan fingerprint density at radius 3 is 2.10 bits per heavy atom. The molecule has 0 aliphatic rings. The maximum atomic E-state index is 12.9. The highest BCUT2D eigenvalue weighted by molar-refractivity contribution is 5.96. The zero-order chi connectivity index (χ0) is 20.2. The summed E-state index contributed by atoms with van der Waals surface area (Å²) in [5, 5.41) is 0. The number of para-hydroxylation sites is 1. The summed E-state index contributed by atoms with van der Waals surface area (Å²) < 4.78 is 11.3.